The Balaban J connectivity index is 0. The zero-order valence-corrected chi connectivity index (χ0v) is 9.67. The van der Waals surface area contributed by atoms with Gasteiger partial charge in [-0.25, -0.2) is 0 Å². The maximum absolute atomic E-state index is 8.07. The van der Waals surface area contributed by atoms with Crippen molar-refractivity contribution >= 4 is 11.7 Å². The van der Waals surface area contributed by atoms with E-state index >= 15 is 0 Å². The first-order valence-electron chi connectivity index (χ1n) is 4.70. The van der Waals surface area contributed by atoms with Crippen LogP contribution in [0, 0.1) is 22.7 Å². The highest BCUT2D eigenvalue weighted by Gasteiger charge is 1.93. The van der Waals surface area contributed by atoms with Gasteiger partial charge in [-0.15, -0.1) is 0 Å². The minimum Gasteiger partial charge on any atom is -0.409 e. The SMILES string of the molecule is N#CCNCC#N.N/C(CNC/C(N)=N\O)=N\O. The van der Waals surface area contributed by atoms with Crippen molar-refractivity contribution in [3.05, 3.63) is 0 Å². The van der Waals surface area contributed by atoms with Gasteiger partial charge in [-0.3, -0.25) is 5.32 Å². The smallest absolute Gasteiger partial charge is 0.153 e. The van der Waals surface area contributed by atoms with E-state index in [1.807, 2.05) is 12.1 Å². The molecule has 0 fully saturated rings. The summed E-state index contributed by atoms with van der Waals surface area (Å²) in [5.41, 5.74) is 10.2. The van der Waals surface area contributed by atoms with E-state index in [9.17, 15) is 0 Å². The Bertz CT molecular complexity index is 308. The third-order valence-electron chi connectivity index (χ3n) is 1.28. The van der Waals surface area contributed by atoms with E-state index in [4.69, 9.17) is 32.4 Å². The van der Waals surface area contributed by atoms with E-state index in [-0.39, 0.29) is 37.9 Å². The first-order chi connectivity index (χ1) is 8.62. The molecule has 0 saturated carbocycles. The second-order valence-corrected chi connectivity index (χ2v) is 2.71. The lowest BCUT2D eigenvalue weighted by molar-refractivity contribution is 0.316. The molecular weight excluding hydrogens is 240 g/mol. The molecule has 0 rings (SSSR count). The first kappa shape index (κ1) is 17.8. The Morgan fingerprint density at radius 3 is 1.61 bits per heavy atom. The van der Waals surface area contributed by atoms with Gasteiger partial charge in [-0.1, -0.05) is 10.3 Å². The molecule has 18 heavy (non-hydrogen) atoms. The van der Waals surface area contributed by atoms with Gasteiger partial charge in [0.2, 0.25) is 0 Å². The average molecular weight is 256 g/mol. The average Bonchev–Trinajstić information content (AvgIpc) is 2.39. The Labute approximate surface area is 104 Å². The fourth-order valence-corrected chi connectivity index (χ4v) is 0.564. The number of nitrogens with one attached hydrogen (secondary N) is 2. The van der Waals surface area contributed by atoms with Crippen molar-refractivity contribution in [2.75, 3.05) is 26.2 Å². The van der Waals surface area contributed by atoms with Crippen molar-refractivity contribution in [1.29, 1.82) is 10.5 Å². The Hall–Kier alpha value is -2.56. The summed E-state index contributed by atoms with van der Waals surface area (Å²) in [4.78, 5) is 0. The van der Waals surface area contributed by atoms with Crippen LogP contribution < -0.4 is 22.1 Å². The summed E-state index contributed by atoms with van der Waals surface area (Å²) in [6.07, 6.45) is 0. The monoisotopic (exact) mass is 256 g/mol. The summed E-state index contributed by atoms with van der Waals surface area (Å²) in [7, 11) is 0. The minimum atomic E-state index is 0.0377. The Morgan fingerprint density at radius 1 is 0.944 bits per heavy atom. The highest BCUT2D eigenvalue weighted by Crippen LogP contribution is 1.65. The molecule has 0 bridgehead atoms. The van der Waals surface area contributed by atoms with Crippen LogP contribution >= 0.6 is 0 Å². The highest BCUT2D eigenvalue weighted by molar-refractivity contribution is 5.84. The van der Waals surface area contributed by atoms with Gasteiger partial charge >= 0.3 is 0 Å². The fraction of sp³-hybridized carbons (Fsp3) is 0.500. The van der Waals surface area contributed by atoms with E-state index in [1.54, 1.807) is 0 Å². The molecule has 0 aromatic heterocycles. The summed E-state index contributed by atoms with van der Waals surface area (Å²) in [6.45, 7) is 0.889. The summed E-state index contributed by atoms with van der Waals surface area (Å²) in [5.74, 6) is 0.0754. The normalized spacial score (nSPS) is 10.8. The van der Waals surface area contributed by atoms with Crippen LogP contribution in [-0.2, 0) is 0 Å². The van der Waals surface area contributed by atoms with Crippen LogP contribution in [0.15, 0.2) is 10.3 Å². The largest absolute Gasteiger partial charge is 0.409 e. The maximum Gasteiger partial charge on any atom is 0.153 e. The van der Waals surface area contributed by atoms with E-state index in [0.717, 1.165) is 0 Å². The summed E-state index contributed by atoms with van der Waals surface area (Å²) in [5, 5.41) is 42.5. The van der Waals surface area contributed by atoms with Crippen LogP contribution in [0.2, 0.25) is 0 Å². The van der Waals surface area contributed by atoms with E-state index < -0.39 is 0 Å². The molecule has 8 N–H and O–H groups in total. The molecule has 0 amide bonds. The van der Waals surface area contributed by atoms with E-state index in [2.05, 4.69) is 20.9 Å². The number of hydrogen-bond acceptors (Lipinski definition) is 8. The number of hydrogen-bond donors (Lipinski definition) is 6. The van der Waals surface area contributed by atoms with Gasteiger partial charge < -0.3 is 27.2 Å². The summed E-state index contributed by atoms with van der Waals surface area (Å²) in [6, 6.07) is 3.68. The molecule has 10 nitrogen and oxygen atoms in total. The number of nitrogens with two attached hydrogens (primary N) is 2. The molecule has 0 aliphatic carbocycles. The van der Waals surface area contributed by atoms with E-state index in [0.29, 0.717) is 0 Å². The molecule has 0 heterocycles. The first-order valence-corrected chi connectivity index (χ1v) is 4.70. The fourth-order valence-electron chi connectivity index (χ4n) is 0.564. The van der Waals surface area contributed by atoms with Gasteiger partial charge in [0.1, 0.15) is 0 Å². The number of rotatable bonds is 6. The second-order valence-electron chi connectivity index (χ2n) is 2.71. The van der Waals surface area contributed by atoms with Crippen LogP contribution in [0.25, 0.3) is 0 Å². The van der Waals surface area contributed by atoms with Crippen molar-refractivity contribution in [2.45, 2.75) is 0 Å². The second kappa shape index (κ2) is 14.4. The molecule has 0 saturated heterocycles. The van der Waals surface area contributed by atoms with Crippen molar-refractivity contribution in [1.82, 2.24) is 10.6 Å². The molecule has 0 aliphatic heterocycles. The molecule has 0 atom stereocenters. The zero-order valence-electron chi connectivity index (χ0n) is 9.67. The highest BCUT2D eigenvalue weighted by atomic mass is 16.4. The van der Waals surface area contributed by atoms with Crippen molar-refractivity contribution < 1.29 is 10.4 Å². The van der Waals surface area contributed by atoms with Crippen molar-refractivity contribution in [3.8, 4) is 12.1 Å². The molecule has 10 heteroatoms. The van der Waals surface area contributed by atoms with Crippen molar-refractivity contribution in [3.63, 3.8) is 0 Å². The number of nitrogens with zero attached hydrogens (tertiary/aromatic N) is 4. The zero-order chi connectivity index (χ0) is 14.2. The quantitative estimate of drug-likeness (QED) is 0.0762. The predicted octanol–water partition coefficient (Wildman–Crippen LogP) is -2.31. The van der Waals surface area contributed by atoms with Gasteiger partial charge in [-0.2, -0.15) is 10.5 Å². The number of nitriles is 2. The summed E-state index contributed by atoms with van der Waals surface area (Å²) >= 11 is 0. The van der Waals surface area contributed by atoms with Crippen LogP contribution in [0.5, 0.6) is 0 Å². The topological polar surface area (TPSA) is 189 Å². The van der Waals surface area contributed by atoms with Crippen LogP contribution in [-0.4, -0.2) is 48.3 Å². The molecular formula is C8H16N8O2. The predicted molar refractivity (Wildman–Crippen MR) is 63.8 cm³/mol. The third kappa shape index (κ3) is 15.9. The third-order valence-corrected chi connectivity index (χ3v) is 1.28. The number of oxime groups is 2. The van der Waals surface area contributed by atoms with Gasteiger partial charge in [0, 0.05) is 0 Å². The molecule has 0 radical (unpaired) electrons. The van der Waals surface area contributed by atoms with Crippen molar-refractivity contribution in [2.24, 2.45) is 21.8 Å². The lowest BCUT2D eigenvalue weighted by atomic mass is 10.5. The van der Waals surface area contributed by atoms with Gasteiger partial charge in [-0.05, 0) is 0 Å². The van der Waals surface area contributed by atoms with Gasteiger partial charge in [0.15, 0.2) is 11.7 Å². The Morgan fingerprint density at radius 2 is 1.33 bits per heavy atom. The van der Waals surface area contributed by atoms with Crippen LogP contribution in [0.1, 0.15) is 0 Å². The Kier molecular flexibility index (Phi) is 14.3. The molecule has 0 spiro atoms. The molecule has 0 unspecified atom stereocenters. The lowest BCUT2D eigenvalue weighted by Gasteiger charge is -2.00. The summed E-state index contributed by atoms with van der Waals surface area (Å²) < 4.78 is 0. The molecule has 0 aliphatic rings. The minimum absolute atomic E-state index is 0.0377. The molecule has 100 valence electrons. The molecule has 0 aromatic rings. The van der Waals surface area contributed by atoms with Crippen LogP contribution in [0.4, 0.5) is 0 Å². The van der Waals surface area contributed by atoms with Crippen LogP contribution in [0.3, 0.4) is 0 Å². The molecule has 0 aromatic carbocycles. The lowest BCUT2D eigenvalue weighted by Crippen LogP contribution is -2.35. The number of amidine groups is 2. The van der Waals surface area contributed by atoms with Gasteiger partial charge in [0.25, 0.3) is 0 Å². The standard InChI is InChI=1S/C4H11N5O2.C4H5N3/c5-3(8-10)1-7-2-4(6)9-11;5-1-3-7-4-2-6/h7,10-11H,1-2H2,(H2,5,8)(H2,6,9);7H,3-4H2. The van der Waals surface area contributed by atoms with E-state index in [1.165, 1.54) is 0 Å². The maximum atomic E-state index is 8.07. The van der Waals surface area contributed by atoms with Gasteiger partial charge in [0.05, 0.1) is 38.3 Å².